The lowest BCUT2D eigenvalue weighted by molar-refractivity contribution is -0.169. The second-order valence-corrected chi connectivity index (χ2v) is 8.82. The van der Waals surface area contributed by atoms with Crippen LogP contribution in [0.3, 0.4) is 0 Å². The monoisotopic (exact) mass is 437 g/mol. The molecule has 1 unspecified atom stereocenters. The van der Waals surface area contributed by atoms with Gasteiger partial charge in [-0.05, 0) is 38.5 Å². The summed E-state index contributed by atoms with van der Waals surface area (Å²) in [5.41, 5.74) is -3.91. The van der Waals surface area contributed by atoms with Crippen LogP contribution in [0.5, 0.6) is 0 Å². The number of hydrogen-bond acceptors (Lipinski definition) is 6. The molecule has 31 heavy (non-hydrogen) atoms. The van der Waals surface area contributed by atoms with Gasteiger partial charge in [-0.2, -0.15) is 18.4 Å². The number of morpholine rings is 1. The van der Waals surface area contributed by atoms with Gasteiger partial charge in [0.2, 0.25) is 11.8 Å². The smallest absolute Gasteiger partial charge is 0.396 e. The molecule has 3 fully saturated rings. The zero-order valence-corrected chi connectivity index (χ0v) is 17.1. The Kier molecular flexibility index (Phi) is 4.92. The van der Waals surface area contributed by atoms with Crippen molar-refractivity contribution in [3.05, 3.63) is 29.3 Å². The normalized spacial score (nSPS) is 33.0. The van der Waals surface area contributed by atoms with Gasteiger partial charge in [0.25, 0.3) is 0 Å². The second kappa shape index (κ2) is 7.02. The van der Waals surface area contributed by atoms with Crippen molar-refractivity contribution in [1.82, 2.24) is 4.90 Å². The third-order valence-electron chi connectivity index (χ3n) is 6.48. The molecular formula is C21H22F3N3O4. The molecule has 4 rings (SSSR count). The molecule has 1 N–H and O–H groups in total. The van der Waals surface area contributed by atoms with Gasteiger partial charge in [0.05, 0.1) is 45.9 Å². The summed E-state index contributed by atoms with van der Waals surface area (Å²) in [6.07, 6.45) is -4.26. The van der Waals surface area contributed by atoms with E-state index >= 15 is 0 Å². The van der Waals surface area contributed by atoms with Crippen LogP contribution in [0.25, 0.3) is 0 Å². The third-order valence-corrected chi connectivity index (χ3v) is 6.48. The summed E-state index contributed by atoms with van der Waals surface area (Å²) >= 11 is 0. The van der Waals surface area contributed by atoms with Gasteiger partial charge in [0.15, 0.2) is 0 Å². The van der Waals surface area contributed by atoms with Crippen LogP contribution in [0, 0.1) is 23.2 Å². The number of ether oxygens (including phenoxy) is 1. The summed E-state index contributed by atoms with van der Waals surface area (Å²) in [5, 5.41) is 18.1. The van der Waals surface area contributed by atoms with Crippen molar-refractivity contribution in [2.75, 3.05) is 31.1 Å². The number of alkyl halides is 3. The Morgan fingerprint density at radius 3 is 2.26 bits per heavy atom. The average Bonchev–Trinajstić information content (AvgIpc) is 3.05. The zero-order valence-electron chi connectivity index (χ0n) is 17.1. The van der Waals surface area contributed by atoms with E-state index in [4.69, 9.17) is 15.1 Å². The number of rotatable bonds is 4. The number of nitriles is 1. The first-order valence-electron chi connectivity index (χ1n) is 9.98. The van der Waals surface area contributed by atoms with E-state index in [0.717, 1.165) is 11.0 Å². The lowest BCUT2D eigenvalue weighted by atomic mass is 9.79. The van der Waals surface area contributed by atoms with E-state index in [1.165, 1.54) is 12.1 Å². The van der Waals surface area contributed by atoms with Gasteiger partial charge in [-0.15, -0.1) is 0 Å². The fourth-order valence-corrected chi connectivity index (χ4v) is 5.47. The Bertz CT molecular complexity index is 955. The average molecular weight is 437 g/mol. The van der Waals surface area contributed by atoms with Crippen molar-refractivity contribution >= 4 is 17.5 Å². The van der Waals surface area contributed by atoms with Gasteiger partial charge >= 0.3 is 6.18 Å². The van der Waals surface area contributed by atoms with Crippen molar-refractivity contribution in [3.63, 3.8) is 0 Å². The van der Waals surface area contributed by atoms with Crippen molar-refractivity contribution in [3.8, 4) is 6.07 Å². The number of anilines is 1. The molecule has 7 nitrogen and oxygen atoms in total. The number of amides is 2. The molecule has 0 spiro atoms. The molecule has 2 bridgehead atoms. The van der Waals surface area contributed by atoms with Gasteiger partial charge in [-0.1, -0.05) is 0 Å². The lowest BCUT2D eigenvalue weighted by Crippen LogP contribution is -2.58. The molecule has 0 saturated carbocycles. The van der Waals surface area contributed by atoms with E-state index in [9.17, 15) is 22.8 Å². The molecule has 1 aromatic carbocycles. The Hall–Kier alpha value is -2.48. The molecule has 0 aliphatic carbocycles. The highest BCUT2D eigenvalue weighted by Gasteiger charge is 2.71. The first-order chi connectivity index (χ1) is 14.4. The molecular weight excluding hydrogens is 415 g/mol. The van der Waals surface area contributed by atoms with Crippen LogP contribution in [-0.4, -0.2) is 59.3 Å². The molecule has 3 heterocycles. The van der Waals surface area contributed by atoms with Crippen LogP contribution >= 0.6 is 0 Å². The SMILES string of the molecule is C[C@]12CN(CCCO)C[C@](C)(O1)C1C(=O)N(c3ccc(C#N)c(C(F)(F)F)c3)C(=O)[C@H]12. The van der Waals surface area contributed by atoms with Crippen molar-refractivity contribution in [2.24, 2.45) is 11.8 Å². The van der Waals surface area contributed by atoms with E-state index in [1.54, 1.807) is 13.8 Å². The number of likely N-dealkylation sites (tertiary alicyclic amines) is 1. The number of imide groups is 1. The Balaban J connectivity index is 1.72. The largest absolute Gasteiger partial charge is 0.417 e. The highest BCUT2D eigenvalue weighted by molar-refractivity contribution is 6.23. The number of halogens is 3. The fourth-order valence-electron chi connectivity index (χ4n) is 5.47. The van der Waals surface area contributed by atoms with Crippen LogP contribution in [-0.2, 0) is 20.5 Å². The number of benzene rings is 1. The first-order valence-corrected chi connectivity index (χ1v) is 9.98. The molecule has 3 aliphatic rings. The van der Waals surface area contributed by atoms with Gasteiger partial charge in [0, 0.05) is 26.2 Å². The molecule has 3 aliphatic heterocycles. The molecule has 0 radical (unpaired) electrons. The molecule has 166 valence electrons. The Labute approximate surface area is 177 Å². The fraction of sp³-hybridized carbons (Fsp3) is 0.571. The molecule has 2 amide bonds. The van der Waals surface area contributed by atoms with Gasteiger partial charge in [-0.25, -0.2) is 4.90 Å². The zero-order chi connectivity index (χ0) is 22.8. The van der Waals surface area contributed by atoms with E-state index in [2.05, 4.69) is 0 Å². The van der Waals surface area contributed by atoms with Gasteiger partial charge in [-0.3, -0.25) is 14.5 Å². The lowest BCUT2D eigenvalue weighted by Gasteiger charge is -2.45. The maximum absolute atomic E-state index is 13.4. The summed E-state index contributed by atoms with van der Waals surface area (Å²) in [4.78, 5) is 29.6. The highest BCUT2D eigenvalue weighted by Crippen LogP contribution is 2.55. The number of nitrogens with zero attached hydrogens (tertiary/aromatic N) is 3. The van der Waals surface area contributed by atoms with Crippen LogP contribution in [0.15, 0.2) is 18.2 Å². The van der Waals surface area contributed by atoms with E-state index in [1.807, 2.05) is 4.90 Å². The summed E-state index contributed by atoms with van der Waals surface area (Å²) in [6.45, 7) is 4.84. The first kappa shape index (κ1) is 21.7. The standard InChI is InChI=1S/C21H22F3N3O4/c1-19-10-26(6-3-7-28)11-20(2,31-19)16-15(19)17(29)27(18(16)30)13-5-4-12(9-25)14(8-13)21(22,23)24/h4-5,8,15-16,28H,3,6-7,10-11H2,1-2H3/t15-,16?,19+,20-/m0/s1. The summed E-state index contributed by atoms with van der Waals surface area (Å²) in [6, 6.07) is 4.35. The minimum absolute atomic E-state index is 0.0174. The van der Waals surface area contributed by atoms with Crippen molar-refractivity contribution < 1.29 is 32.6 Å². The number of aliphatic hydroxyl groups excluding tert-OH is 1. The maximum Gasteiger partial charge on any atom is 0.417 e. The summed E-state index contributed by atoms with van der Waals surface area (Å²) in [5.74, 6) is -2.84. The van der Waals surface area contributed by atoms with Crippen LogP contribution in [0.4, 0.5) is 18.9 Å². The molecule has 4 atom stereocenters. The number of hydrogen-bond donors (Lipinski definition) is 1. The minimum Gasteiger partial charge on any atom is -0.396 e. The number of carbonyl (C=O) groups excluding carboxylic acids is 2. The van der Waals surface area contributed by atoms with Crippen molar-refractivity contribution in [1.29, 1.82) is 5.26 Å². The molecule has 3 saturated heterocycles. The topological polar surface area (TPSA) is 93.9 Å². The van der Waals surface area contributed by atoms with E-state index in [-0.39, 0.29) is 12.3 Å². The summed E-state index contributed by atoms with van der Waals surface area (Å²) in [7, 11) is 0. The molecule has 10 heteroatoms. The van der Waals surface area contributed by atoms with Crippen molar-refractivity contribution in [2.45, 2.75) is 37.6 Å². The molecule has 1 aromatic rings. The van der Waals surface area contributed by atoms with E-state index in [0.29, 0.717) is 32.1 Å². The van der Waals surface area contributed by atoms with Gasteiger partial charge in [0.1, 0.15) is 0 Å². The third kappa shape index (κ3) is 3.23. The highest BCUT2D eigenvalue weighted by atomic mass is 19.4. The van der Waals surface area contributed by atoms with Crippen LogP contribution < -0.4 is 4.90 Å². The second-order valence-electron chi connectivity index (χ2n) is 8.82. The number of fused-ring (bicyclic) bond motifs is 5. The minimum atomic E-state index is -4.80. The Morgan fingerprint density at radius 1 is 1.19 bits per heavy atom. The predicted molar refractivity (Wildman–Crippen MR) is 102 cm³/mol. The summed E-state index contributed by atoms with van der Waals surface area (Å²) < 4.78 is 46.4. The number of carbonyl (C=O) groups is 2. The number of aliphatic hydroxyl groups is 1. The van der Waals surface area contributed by atoms with Gasteiger partial charge < -0.3 is 9.84 Å². The Morgan fingerprint density at radius 2 is 1.77 bits per heavy atom. The van der Waals surface area contributed by atoms with Crippen LogP contribution in [0.1, 0.15) is 31.4 Å². The molecule has 0 aromatic heterocycles. The predicted octanol–water partition coefficient (Wildman–Crippen LogP) is 1.93. The van der Waals surface area contributed by atoms with E-state index < -0.39 is 52.2 Å². The maximum atomic E-state index is 13.4. The van der Waals surface area contributed by atoms with Crippen LogP contribution in [0.2, 0.25) is 0 Å². The quantitative estimate of drug-likeness (QED) is 0.724.